The first kappa shape index (κ1) is 64.0. The van der Waals surface area contributed by atoms with Crippen LogP contribution in [0.25, 0.3) is 0 Å². The largest absolute Gasteiger partial charge is 0.507 e. The van der Waals surface area contributed by atoms with Gasteiger partial charge in [0.05, 0.1) is 52.5 Å². The molecule has 0 bridgehead atoms. The summed E-state index contributed by atoms with van der Waals surface area (Å²) in [5.74, 6) is -2.00. The van der Waals surface area contributed by atoms with E-state index in [4.69, 9.17) is 56.8 Å². The molecule has 6 aliphatic heterocycles. The molecule has 30 heteroatoms. The normalized spacial score (nSPS) is 36.0. The van der Waals surface area contributed by atoms with E-state index >= 15 is 0 Å². The summed E-state index contributed by atoms with van der Waals surface area (Å²) in [5.41, 5.74) is 0.747. The Hall–Kier alpha value is -6.50. The predicted octanol–water partition coefficient (Wildman–Crippen LogP) is -2.31. The number of aliphatic hydroxyl groups excluding tert-OH is 12. The van der Waals surface area contributed by atoms with E-state index in [-0.39, 0.29) is 70.0 Å². The van der Waals surface area contributed by atoms with Gasteiger partial charge in [0.2, 0.25) is 12.6 Å². The molecule has 6 aliphatic rings. The summed E-state index contributed by atoms with van der Waals surface area (Å²) >= 11 is 0. The van der Waals surface area contributed by atoms with E-state index in [0.717, 1.165) is 12.1 Å². The lowest BCUT2D eigenvalue weighted by molar-refractivity contribution is -0.318. The van der Waals surface area contributed by atoms with Gasteiger partial charge >= 0.3 is 0 Å². The van der Waals surface area contributed by atoms with Crippen LogP contribution in [0.5, 0.6) is 57.5 Å². The molecule has 0 radical (unpaired) electrons. The molecule has 0 aromatic heterocycles. The Morgan fingerprint density at radius 2 is 0.767 bits per heavy atom. The molecule has 4 aromatic carbocycles. The number of benzene rings is 4. The standard InChI is InChI=1S/2C28H34O15/c2*1-10-21(32)23(34)25(36)27(40-10)39-9-19-22(33)24(35)26(37)28(43-19)41-12-6-14(30)20-15(31)8-17(42-18(20)7-12)11-3-4-16(38-2)13(29)5-11/h2*3-7,10,17,19,21-30,32-37H,8-9H2,1-2H3/t2*10-,17-,19+,21-,22+,23+,24-,25+,26+,27+,28+/m00/s1. The van der Waals surface area contributed by atoms with Crippen LogP contribution in [0.3, 0.4) is 0 Å². The second-order valence-corrected chi connectivity index (χ2v) is 21.3. The van der Waals surface area contributed by atoms with E-state index in [2.05, 4.69) is 0 Å². The van der Waals surface area contributed by atoms with Crippen molar-refractivity contribution in [3.8, 4) is 57.5 Å². The van der Waals surface area contributed by atoms with Crippen LogP contribution in [0.4, 0.5) is 0 Å². The van der Waals surface area contributed by atoms with Crippen LogP contribution in [0.2, 0.25) is 0 Å². The molecule has 0 amide bonds. The molecule has 472 valence electrons. The number of methoxy groups -OCH3 is 2. The van der Waals surface area contributed by atoms with Crippen molar-refractivity contribution in [2.24, 2.45) is 0 Å². The average molecular weight is 1220 g/mol. The van der Waals surface area contributed by atoms with Crippen LogP contribution in [0.15, 0.2) is 60.7 Å². The molecule has 10 rings (SSSR count). The number of aliphatic hydroxyl groups is 12. The molecule has 0 spiro atoms. The molecule has 0 unspecified atom stereocenters. The Kier molecular flexibility index (Phi) is 19.7. The van der Waals surface area contributed by atoms with Gasteiger partial charge in [-0.25, -0.2) is 0 Å². The van der Waals surface area contributed by atoms with Gasteiger partial charge in [0.1, 0.15) is 143 Å². The van der Waals surface area contributed by atoms with Crippen molar-refractivity contribution in [1.82, 2.24) is 0 Å². The zero-order chi connectivity index (χ0) is 62.3. The highest BCUT2D eigenvalue weighted by Gasteiger charge is 2.50. The number of aromatic hydroxyl groups is 4. The third-order valence-corrected chi connectivity index (χ3v) is 15.4. The van der Waals surface area contributed by atoms with Crippen LogP contribution in [-0.2, 0) is 28.4 Å². The van der Waals surface area contributed by atoms with E-state index in [9.17, 15) is 91.3 Å². The molecule has 4 fully saturated rings. The minimum Gasteiger partial charge on any atom is -0.507 e. The first-order chi connectivity index (χ1) is 40.8. The van der Waals surface area contributed by atoms with Crippen molar-refractivity contribution in [3.05, 3.63) is 82.9 Å². The zero-order valence-corrected chi connectivity index (χ0v) is 46.2. The number of ether oxygens (including phenoxy) is 12. The number of ketones is 2. The highest BCUT2D eigenvalue weighted by molar-refractivity contribution is 6.03. The van der Waals surface area contributed by atoms with Crippen molar-refractivity contribution >= 4 is 11.6 Å². The van der Waals surface area contributed by atoms with Crippen molar-refractivity contribution in [1.29, 1.82) is 0 Å². The van der Waals surface area contributed by atoms with Gasteiger partial charge in [-0.1, -0.05) is 12.1 Å². The summed E-state index contributed by atoms with van der Waals surface area (Å²) < 4.78 is 66.3. The zero-order valence-electron chi connectivity index (χ0n) is 46.2. The molecular formula is C56H68O30. The number of phenolic OH excluding ortho intramolecular Hbond substituents is 4. The summed E-state index contributed by atoms with van der Waals surface area (Å²) in [4.78, 5) is 25.8. The minimum atomic E-state index is -1.77. The van der Waals surface area contributed by atoms with Gasteiger partial charge in [0.25, 0.3) is 0 Å². The van der Waals surface area contributed by atoms with Gasteiger partial charge in [-0.3, -0.25) is 9.59 Å². The van der Waals surface area contributed by atoms with Crippen LogP contribution in [-0.4, -0.2) is 244 Å². The number of hydrogen-bond acceptors (Lipinski definition) is 30. The molecular weight excluding hydrogens is 1150 g/mol. The molecule has 86 heavy (non-hydrogen) atoms. The number of Topliss-reactive ketones (excluding diaryl/α,β-unsaturated/α-hetero) is 2. The summed E-state index contributed by atoms with van der Waals surface area (Å²) in [6, 6.07) is 13.8. The number of carbonyl (C=O) groups is 2. The Labute approximate surface area is 488 Å². The quantitative estimate of drug-likeness (QED) is 0.0630. The van der Waals surface area contributed by atoms with Gasteiger partial charge in [-0.15, -0.1) is 0 Å². The fourth-order valence-corrected chi connectivity index (χ4v) is 10.4. The lowest BCUT2D eigenvalue weighted by Gasteiger charge is -2.42. The molecule has 0 saturated carbocycles. The number of rotatable bonds is 14. The smallest absolute Gasteiger partial charge is 0.229 e. The molecule has 16 N–H and O–H groups in total. The molecule has 30 nitrogen and oxygen atoms in total. The summed E-state index contributed by atoms with van der Waals surface area (Å²) in [6.45, 7) is 1.93. The summed E-state index contributed by atoms with van der Waals surface area (Å²) in [7, 11) is 2.79. The highest BCUT2D eigenvalue weighted by atomic mass is 16.7. The Morgan fingerprint density at radius 1 is 0.419 bits per heavy atom. The molecule has 0 aliphatic carbocycles. The highest BCUT2D eigenvalue weighted by Crippen LogP contribution is 2.46. The number of phenols is 4. The van der Waals surface area contributed by atoms with Crippen LogP contribution < -0.4 is 28.4 Å². The maximum atomic E-state index is 12.9. The van der Waals surface area contributed by atoms with Crippen LogP contribution >= 0.6 is 0 Å². The second-order valence-electron chi connectivity index (χ2n) is 21.3. The Balaban J connectivity index is 0.000000205. The first-order valence-corrected chi connectivity index (χ1v) is 27.0. The first-order valence-electron chi connectivity index (χ1n) is 27.0. The maximum Gasteiger partial charge on any atom is 0.229 e. The predicted molar refractivity (Wildman–Crippen MR) is 281 cm³/mol. The summed E-state index contributed by atoms with van der Waals surface area (Å²) in [6.07, 6.45) is -31.8. The van der Waals surface area contributed by atoms with Gasteiger partial charge in [0, 0.05) is 24.3 Å². The molecule has 22 atom stereocenters. The number of hydrogen-bond donors (Lipinski definition) is 16. The summed E-state index contributed by atoms with van der Waals surface area (Å²) in [5, 5.41) is 164. The SMILES string of the molecule is COc1ccc([C@@H]2CC(=O)c3c(O)cc(O[C@@H]4O[C@H](CO[C@@H]5O[C@@H](C)[C@H](O)[C@@H](O)[C@H]5O)[C@@H](O)[C@H](O)[C@H]4O)cc3O2)cc1O.COc1ccc([C@@H]2CC(=O)c3c(O)cc(O[C@@H]4O[C@H](CO[C@@H]5O[C@@H](C)[C@H](O)[C@@H](O)[C@H]5O)[C@@H](O)[C@H](O)[C@H]4O)cc3O2)cc1O. The maximum absolute atomic E-state index is 12.9. The van der Waals surface area contributed by atoms with E-state index in [1.54, 1.807) is 12.1 Å². The van der Waals surface area contributed by atoms with E-state index in [1.807, 2.05) is 0 Å². The van der Waals surface area contributed by atoms with Gasteiger partial charge in [-0.05, 0) is 49.2 Å². The van der Waals surface area contributed by atoms with Crippen LogP contribution in [0, 0.1) is 0 Å². The fourth-order valence-electron chi connectivity index (χ4n) is 10.4. The van der Waals surface area contributed by atoms with Crippen LogP contribution in [0.1, 0.15) is 70.7 Å². The monoisotopic (exact) mass is 1220 g/mol. The van der Waals surface area contributed by atoms with Crippen molar-refractivity contribution in [2.75, 3.05) is 27.4 Å². The van der Waals surface area contributed by atoms with E-state index in [0.29, 0.717) is 11.1 Å². The van der Waals surface area contributed by atoms with Gasteiger partial charge < -0.3 is 139 Å². The number of fused-ring (bicyclic) bond motifs is 2. The van der Waals surface area contributed by atoms with Gasteiger partial charge in [-0.2, -0.15) is 0 Å². The van der Waals surface area contributed by atoms with E-state index in [1.165, 1.54) is 64.5 Å². The van der Waals surface area contributed by atoms with Crippen molar-refractivity contribution in [3.63, 3.8) is 0 Å². The molecule has 6 heterocycles. The third kappa shape index (κ3) is 13.2. The third-order valence-electron chi connectivity index (χ3n) is 15.4. The second kappa shape index (κ2) is 26.5. The topological polar surface area (TPSA) is 469 Å². The van der Waals surface area contributed by atoms with Crippen molar-refractivity contribution in [2.45, 2.75) is 162 Å². The lowest BCUT2D eigenvalue weighted by Crippen LogP contribution is -2.61. The average Bonchev–Trinajstić information content (AvgIpc) is 1.49. The molecule has 4 saturated heterocycles. The Bertz CT molecular complexity index is 2840. The number of carbonyl (C=O) groups excluding carboxylic acids is 2. The Morgan fingerprint density at radius 3 is 1.12 bits per heavy atom. The lowest BCUT2D eigenvalue weighted by atomic mass is 9.95. The molecule has 4 aromatic rings. The van der Waals surface area contributed by atoms with E-state index < -0.39 is 171 Å². The minimum absolute atomic E-state index is 0.0457. The van der Waals surface area contributed by atoms with Gasteiger partial charge in [0.15, 0.2) is 47.1 Å². The fraction of sp³-hybridized carbons (Fsp3) is 0.536. The van der Waals surface area contributed by atoms with Crippen molar-refractivity contribution < 1.29 is 148 Å².